The third-order valence-corrected chi connectivity index (χ3v) is 5.36. The highest BCUT2D eigenvalue weighted by Gasteiger charge is 2.37. The molecule has 0 aliphatic carbocycles. The van der Waals surface area contributed by atoms with E-state index in [-0.39, 0.29) is 23.5 Å². The summed E-state index contributed by atoms with van der Waals surface area (Å²) in [4.78, 5) is 31.7. The van der Waals surface area contributed by atoms with E-state index in [1.165, 1.54) is 10.1 Å². The molecular formula is C19H23N4O3+. The minimum Gasteiger partial charge on any atom is -0.494 e. The number of para-hydroxylation sites is 1. The number of likely N-dealkylation sites (N-methyl/N-ethyl adjacent to an activating group) is 1. The molecule has 136 valence electrons. The van der Waals surface area contributed by atoms with Crippen molar-refractivity contribution < 1.29 is 10.0 Å². The zero-order chi connectivity index (χ0) is 18.6. The van der Waals surface area contributed by atoms with E-state index in [1.807, 2.05) is 25.2 Å². The van der Waals surface area contributed by atoms with Gasteiger partial charge < -0.3 is 15.0 Å². The average molecular weight is 355 g/mol. The topological polar surface area (TPSA) is 95.3 Å². The molecule has 1 unspecified atom stereocenters. The lowest BCUT2D eigenvalue weighted by Gasteiger charge is -2.30. The number of nitrogens with zero attached hydrogens (tertiary/aromatic N) is 1. The Labute approximate surface area is 149 Å². The Bertz CT molecular complexity index is 1110. The number of benzene rings is 1. The summed E-state index contributed by atoms with van der Waals surface area (Å²) in [5.74, 6) is -0.246. The van der Waals surface area contributed by atoms with Crippen LogP contribution in [0.2, 0.25) is 0 Å². The molecule has 2 aromatic heterocycles. The van der Waals surface area contributed by atoms with Crippen molar-refractivity contribution in [3.05, 3.63) is 61.9 Å². The molecule has 0 spiro atoms. The molecule has 0 saturated carbocycles. The first-order chi connectivity index (χ1) is 12.4. The van der Waals surface area contributed by atoms with Crippen molar-refractivity contribution in [2.24, 2.45) is 0 Å². The smallest absolute Gasteiger partial charge is 0.331 e. The Balaban J connectivity index is 2.02. The van der Waals surface area contributed by atoms with Gasteiger partial charge in [-0.15, -0.1) is 0 Å². The van der Waals surface area contributed by atoms with Gasteiger partial charge in [0.1, 0.15) is 5.56 Å². The summed E-state index contributed by atoms with van der Waals surface area (Å²) in [6.07, 6.45) is 0.893. The number of fused-ring (bicyclic) bond motifs is 3. The first-order valence-electron chi connectivity index (χ1n) is 8.89. The van der Waals surface area contributed by atoms with Crippen LogP contribution in [0.4, 0.5) is 0 Å². The van der Waals surface area contributed by atoms with Gasteiger partial charge >= 0.3 is 5.69 Å². The number of aromatic nitrogens is 3. The summed E-state index contributed by atoms with van der Waals surface area (Å²) in [6.45, 7) is 4.43. The van der Waals surface area contributed by atoms with E-state index < -0.39 is 11.2 Å². The zero-order valence-corrected chi connectivity index (χ0v) is 15.1. The Hall–Kier alpha value is -2.80. The van der Waals surface area contributed by atoms with Crippen molar-refractivity contribution in [3.63, 3.8) is 0 Å². The largest absolute Gasteiger partial charge is 0.494 e. The molecule has 4 rings (SSSR count). The Kier molecular flexibility index (Phi) is 3.77. The Morgan fingerprint density at radius 2 is 1.96 bits per heavy atom. The van der Waals surface area contributed by atoms with Crippen LogP contribution in [-0.2, 0) is 6.42 Å². The molecule has 0 amide bonds. The van der Waals surface area contributed by atoms with Gasteiger partial charge in [-0.3, -0.25) is 14.3 Å². The first kappa shape index (κ1) is 16.7. The number of nitrogens with one attached hydrogen (secondary N) is 3. The van der Waals surface area contributed by atoms with E-state index in [0.29, 0.717) is 0 Å². The third-order valence-electron chi connectivity index (χ3n) is 5.36. The number of hydrogen-bond donors (Lipinski definition) is 4. The summed E-state index contributed by atoms with van der Waals surface area (Å²) in [7, 11) is 2.00. The molecular weight excluding hydrogens is 332 g/mol. The molecule has 2 atom stereocenters. The van der Waals surface area contributed by atoms with Crippen molar-refractivity contribution in [1.82, 2.24) is 14.5 Å². The summed E-state index contributed by atoms with van der Waals surface area (Å²) >= 11 is 0. The van der Waals surface area contributed by atoms with Gasteiger partial charge in [0.25, 0.3) is 5.56 Å². The lowest BCUT2D eigenvalue weighted by Crippen LogP contribution is -3.10. The normalized spacial score (nSPS) is 19.8. The van der Waals surface area contributed by atoms with E-state index in [2.05, 4.69) is 16.0 Å². The van der Waals surface area contributed by atoms with Crippen LogP contribution in [0.1, 0.15) is 42.8 Å². The second-order valence-corrected chi connectivity index (χ2v) is 7.30. The van der Waals surface area contributed by atoms with Crippen LogP contribution in [-0.4, -0.2) is 33.2 Å². The molecule has 7 nitrogen and oxygen atoms in total. The van der Waals surface area contributed by atoms with Crippen LogP contribution in [0.25, 0.3) is 10.9 Å². The lowest BCUT2D eigenvalue weighted by atomic mass is 9.93. The average Bonchev–Trinajstić information content (AvgIpc) is 2.94. The number of aromatic amines is 2. The van der Waals surface area contributed by atoms with E-state index in [4.69, 9.17) is 0 Å². The highest BCUT2D eigenvalue weighted by atomic mass is 16.3. The minimum atomic E-state index is -0.586. The van der Waals surface area contributed by atoms with Gasteiger partial charge in [0, 0.05) is 23.4 Å². The van der Waals surface area contributed by atoms with Crippen LogP contribution in [0.15, 0.2) is 33.9 Å². The van der Waals surface area contributed by atoms with Crippen molar-refractivity contribution in [3.8, 4) is 5.88 Å². The number of hydrogen-bond acceptors (Lipinski definition) is 3. The van der Waals surface area contributed by atoms with Crippen molar-refractivity contribution in [2.75, 3.05) is 13.6 Å². The molecule has 1 aromatic carbocycles. The number of quaternary nitrogens is 1. The van der Waals surface area contributed by atoms with Gasteiger partial charge in [-0.1, -0.05) is 18.2 Å². The van der Waals surface area contributed by atoms with Gasteiger partial charge in [0.15, 0.2) is 6.04 Å². The fraction of sp³-hybridized carbons (Fsp3) is 0.368. The fourth-order valence-electron chi connectivity index (χ4n) is 4.13. The fourth-order valence-corrected chi connectivity index (χ4v) is 4.13. The highest BCUT2D eigenvalue weighted by molar-refractivity contribution is 5.85. The van der Waals surface area contributed by atoms with Crippen molar-refractivity contribution in [2.45, 2.75) is 32.4 Å². The third kappa shape index (κ3) is 2.31. The molecule has 0 saturated heterocycles. The van der Waals surface area contributed by atoms with Crippen LogP contribution in [0.5, 0.6) is 5.88 Å². The highest BCUT2D eigenvalue weighted by Crippen LogP contribution is 2.32. The van der Waals surface area contributed by atoms with Crippen molar-refractivity contribution in [1.29, 1.82) is 0 Å². The first-order valence-corrected chi connectivity index (χ1v) is 8.89. The molecule has 3 aromatic rings. The summed E-state index contributed by atoms with van der Waals surface area (Å²) in [6, 6.07) is 7.43. The molecule has 26 heavy (non-hydrogen) atoms. The van der Waals surface area contributed by atoms with Gasteiger partial charge in [-0.2, -0.15) is 0 Å². The predicted octanol–water partition coefficient (Wildman–Crippen LogP) is 0.465. The van der Waals surface area contributed by atoms with Crippen molar-refractivity contribution >= 4 is 10.9 Å². The molecule has 1 aliphatic rings. The van der Waals surface area contributed by atoms with Crippen LogP contribution < -0.4 is 16.1 Å². The second kappa shape index (κ2) is 5.88. The number of aromatic hydroxyl groups is 1. The van der Waals surface area contributed by atoms with Crippen LogP contribution in [0.3, 0.4) is 0 Å². The van der Waals surface area contributed by atoms with Gasteiger partial charge in [0.2, 0.25) is 5.88 Å². The van der Waals surface area contributed by atoms with E-state index in [0.717, 1.165) is 34.5 Å². The summed E-state index contributed by atoms with van der Waals surface area (Å²) in [5.41, 5.74) is 2.26. The Morgan fingerprint density at radius 1 is 1.23 bits per heavy atom. The molecule has 7 heteroatoms. The molecule has 0 radical (unpaired) electrons. The Morgan fingerprint density at radius 3 is 2.69 bits per heavy atom. The molecule has 0 bridgehead atoms. The lowest BCUT2D eigenvalue weighted by molar-refractivity contribution is -0.908. The molecule has 1 aliphatic heterocycles. The van der Waals surface area contributed by atoms with E-state index in [9.17, 15) is 14.7 Å². The predicted molar refractivity (Wildman–Crippen MR) is 99.0 cm³/mol. The van der Waals surface area contributed by atoms with Gasteiger partial charge in [-0.05, 0) is 25.5 Å². The molecule has 3 heterocycles. The minimum absolute atomic E-state index is 0.239. The maximum absolute atomic E-state index is 12.6. The van der Waals surface area contributed by atoms with Gasteiger partial charge in [-0.25, -0.2) is 4.79 Å². The number of rotatable bonds is 2. The summed E-state index contributed by atoms with van der Waals surface area (Å²) < 4.78 is 1.24. The monoisotopic (exact) mass is 355 g/mol. The number of H-pyrrole nitrogens is 2. The summed E-state index contributed by atoms with van der Waals surface area (Å²) in [5, 5.41) is 12.0. The SMILES string of the molecule is CC(C)n1c(O)c([C@H]2c3[nH]c4ccccc4c3CC[NH+]2C)c(=O)[nH]c1=O. The van der Waals surface area contributed by atoms with Gasteiger partial charge in [0.05, 0.1) is 19.3 Å². The molecule has 0 fully saturated rings. The van der Waals surface area contributed by atoms with Crippen LogP contribution >= 0.6 is 0 Å². The van der Waals surface area contributed by atoms with E-state index in [1.54, 1.807) is 13.8 Å². The maximum Gasteiger partial charge on any atom is 0.331 e. The van der Waals surface area contributed by atoms with E-state index >= 15 is 0 Å². The maximum atomic E-state index is 12.6. The standard InChI is InChI=1S/C19H22N4O3/c1-10(2)23-18(25)14(17(24)21-19(23)26)16-15-12(8-9-22(16)3)11-6-4-5-7-13(11)20-15/h4-7,10,16,20,25H,8-9H2,1-3H3,(H,21,24,26)/p+1/t16-/m0/s1. The quantitative estimate of drug-likeness (QED) is 0.538. The second-order valence-electron chi connectivity index (χ2n) is 7.30. The van der Waals surface area contributed by atoms with Crippen LogP contribution in [0, 0.1) is 0 Å². The molecule has 4 N–H and O–H groups in total. The zero-order valence-electron chi connectivity index (χ0n) is 15.1.